The van der Waals surface area contributed by atoms with E-state index in [2.05, 4.69) is 6.58 Å². The quantitative estimate of drug-likeness (QED) is 0.468. The normalized spacial score (nSPS) is 16.1. The van der Waals surface area contributed by atoms with E-state index in [9.17, 15) is 14.9 Å². The van der Waals surface area contributed by atoms with Crippen LogP contribution in [0.2, 0.25) is 0 Å². The molecule has 0 bridgehead atoms. The lowest BCUT2D eigenvalue weighted by molar-refractivity contribution is -0.138. The smallest absolute Gasteiger partial charge is 0.271 e. The first-order valence-electron chi connectivity index (χ1n) is 7.51. The number of hydrogen-bond donors (Lipinski definition) is 0. The first-order valence-corrected chi connectivity index (χ1v) is 7.51. The topological polar surface area (TPSA) is 79.6 Å². The van der Waals surface area contributed by atoms with Gasteiger partial charge >= 0.3 is 0 Å². The van der Waals surface area contributed by atoms with Gasteiger partial charge in [-0.1, -0.05) is 18.7 Å². The van der Waals surface area contributed by atoms with Gasteiger partial charge in [0.15, 0.2) is 11.5 Å². The van der Waals surface area contributed by atoms with E-state index in [1.807, 2.05) is 6.07 Å². The molecule has 6 nitrogen and oxygen atoms in total. The third kappa shape index (κ3) is 3.45. The molecule has 128 valence electrons. The van der Waals surface area contributed by atoms with Crippen LogP contribution in [0.25, 0.3) is 6.08 Å². The van der Waals surface area contributed by atoms with Crippen LogP contribution in [0.4, 0.5) is 0 Å². The minimum Gasteiger partial charge on any atom is -0.493 e. The van der Waals surface area contributed by atoms with Gasteiger partial charge in [-0.05, 0) is 36.3 Å². The molecule has 1 aromatic carbocycles. The van der Waals surface area contributed by atoms with E-state index in [1.165, 1.54) is 14.2 Å². The van der Waals surface area contributed by atoms with Gasteiger partial charge in [-0.15, -0.1) is 0 Å². The molecule has 0 fully saturated rings. The van der Waals surface area contributed by atoms with E-state index in [0.29, 0.717) is 34.8 Å². The molecule has 0 saturated heterocycles. The number of hydrogen-bond acceptors (Lipinski definition) is 5. The summed E-state index contributed by atoms with van der Waals surface area (Å²) in [7, 11) is 2.87. The van der Waals surface area contributed by atoms with Gasteiger partial charge in [-0.25, -0.2) is 0 Å². The second-order valence-electron chi connectivity index (χ2n) is 5.35. The first kappa shape index (κ1) is 18.0. The third-order valence-electron chi connectivity index (χ3n) is 3.80. The predicted octanol–water partition coefficient (Wildman–Crippen LogP) is 2.48. The average Bonchev–Trinajstić information content (AvgIpc) is 2.62. The largest absolute Gasteiger partial charge is 0.493 e. The van der Waals surface area contributed by atoms with E-state index >= 15 is 0 Å². The maximum atomic E-state index is 12.4. The predicted molar refractivity (Wildman–Crippen MR) is 92.8 cm³/mol. The maximum absolute atomic E-state index is 12.4. The number of nitriles is 1. The molecule has 1 aliphatic rings. The Balaban J connectivity index is 2.50. The number of rotatable bonds is 5. The van der Waals surface area contributed by atoms with E-state index in [-0.39, 0.29) is 5.57 Å². The van der Waals surface area contributed by atoms with Crippen LogP contribution in [0.1, 0.15) is 12.5 Å². The van der Waals surface area contributed by atoms with Crippen LogP contribution in [-0.4, -0.2) is 37.5 Å². The lowest BCUT2D eigenvalue weighted by atomic mass is 9.94. The average molecular weight is 338 g/mol. The van der Waals surface area contributed by atoms with Crippen LogP contribution in [-0.2, 0) is 9.59 Å². The lowest BCUT2D eigenvalue weighted by Crippen LogP contribution is -2.39. The van der Waals surface area contributed by atoms with E-state index in [0.717, 1.165) is 4.90 Å². The third-order valence-corrected chi connectivity index (χ3v) is 3.80. The van der Waals surface area contributed by atoms with Gasteiger partial charge in [0, 0.05) is 12.6 Å². The van der Waals surface area contributed by atoms with Crippen LogP contribution >= 0.6 is 0 Å². The summed E-state index contributed by atoms with van der Waals surface area (Å²) in [5.74, 6) is 0.0168. The van der Waals surface area contributed by atoms with Crippen molar-refractivity contribution < 1.29 is 19.1 Å². The summed E-state index contributed by atoms with van der Waals surface area (Å²) >= 11 is 0. The van der Waals surface area contributed by atoms with Crippen molar-refractivity contribution in [2.45, 2.75) is 6.92 Å². The second kappa shape index (κ2) is 7.49. The number of carbonyl (C=O) groups excluding carboxylic acids is 2. The standard InChI is InChI=1S/C19H18N2O4/c1-5-8-25-16-7-6-13(10-17(16)24-4)9-14-12(2)15(11-20)19(23)21(3)18(14)22/h5-7,9-10H,1,8H2,2-4H3/b14-9+. The number of benzene rings is 1. The zero-order chi connectivity index (χ0) is 18.6. The first-order chi connectivity index (χ1) is 11.9. The Morgan fingerprint density at radius 3 is 2.60 bits per heavy atom. The number of carbonyl (C=O) groups is 2. The highest BCUT2D eigenvalue weighted by atomic mass is 16.5. The minimum absolute atomic E-state index is 0.0359. The fraction of sp³-hybridized carbons (Fsp3) is 0.211. The SMILES string of the molecule is C=CCOc1ccc(/C=C2/C(=O)N(C)C(=O)C(C#N)=C2C)cc1OC. The zero-order valence-electron chi connectivity index (χ0n) is 14.3. The molecule has 1 aliphatic heterocycles. The molecule has 0 radical (unpaired) electrons. The Hall–Kier alpha value is -3.33. The number of methoxy groups -OCH3 is 1. The van der Waals surface area contributed by atoms with Crippen LogP contribution in [0.15, 0.2) is 47.6 Å². The summed E-state index contributed by atoms with van der Waals surface area (Å²) in [6.45, 7) is 5.53. The highest BCUT2D eigenvalue weighted by Gasteiger charge is 2.32. The molecule has 2 amide bonds. The van der Waals surface area contributed by atoms with Crippen molar-refractivity contribution in [3.63, 3.8) is 0 Å². The fourth-order valence-corrected chi connectivity index (χ4v) is 2.41. The van der Waals surface area contributed by atoms with Gasteiger partial charge in [0.1, 0.15) is 18.2 Å². The van der Waals surface area contributed by atoms with Crippen LogP contribution < -0.4 is 9.47 Å². The van der Waals surface area contributed by atoms with Gasteiger partial charge in [0.2, 0.25) is 0 Å². The Morgan fingerprint density at radius 2 is 2.00 bits per heavy atom. The summed E-state index contributed by atoms with van der Waals surface area (Å²) in [6.07, 6.45) is 3.25. The summed E-state index contributed by atoms with van der Waals surface area (Å²) in [5.41, 5.74) is 1.30. The second-order valence-corrected chi connectivity index (χ2v) is 5.35. The highest BCUT2D eigenvalue weighted by Crippen LogP contribution is 2.31. The monoisotopic (exact) mass is 338 g/mol. The van der Waals surface area contributed by atoms with Gasteiger partial charge in [-0.3, -0.25) is 14.5 Å². The van der Waals surface area contributed by atoms with Gasteiger partial charge in [-0.2, -0.15) is 5.26 Å². The number of likely N-dealkylation sites (N-methyl/N-ethyl adjacent to an activating group) is 1. The minimum atomic E-state index is -0.590. The molecule has 0 saturated carbocycles. The Morgan fingerprint density at radius 1 is 1.28 bits per heavy atom. The Kier molecular flexibility index (Phi) is 5.40. The number of ether oxygens (including phenoxy) is 2. The molecule has 0 spiro atoms. The fourth-order valence-electron chi connectivity index (χ4n) is 2.41. The van der Waals surface area contributed by atoms with Crippen molar-refractivity contribution in [2.75, 3.05) is 20.8 Å². The summed E-state index contributed by atoms with van der Waals surface area (Å²) in [5, 5.41) is 9.18. The molecule has 25 heavy (non-hydrogen) atoms. The van der Waals surface area contributed by atoms with E-state index in [1.54, 1.807) is 37.3 Å². The van der Waals surface area contributed by atoms with E-state index in [4.69, 9.17) is 9.47 Å². The number of amides is 2. The van der Waals surface area contributed by atoms with Crippen LogP contribution in [0, 0.1) is 11.3 Å². The zero-order valence-corrected chi connectivity index (χ0v) is 14.3. The maximum Gasteiger partial charge on any atom is 0.271 e. The molecule has 0 N–H and O–H groups in total. The molecular weight excluding hydrogens is 320 g/mol. The van der Waals surface area contributed by atoms with Gasteiger partial charge in [0.25, 0.3) is 11.8 Å². The van der Waals surface area contributed by atoms with Crippen molar-refractivity contribution in [1.82, 2.24) is 4.90 Å². The summed E-state index contributed by atoms with van der Waals surface area (Å²) in [6, 6.07) is 7.07. The van der Waals surface area contributed by atoms with Crippen LogP contribution in [0.3, 0.4) is 0 Å². The van der Waals surface area contributed by atoms with Gasteiger partial charge < -0.3 is 9.47 Å². The molecule has 6 heteroatoms. The van der Waals surface area contributed by atoms with E-state index < -0.39 is 11.8 Å². The number of imide groups is 1. The lowest BCUT2D eigenvalue weighted by Gasteiger charge is -2.23. The Bertz CT molecular complexity index is 843. The van der Waals surface area contributed by atoms with Crippen molar-refractivity contribution in [1.29, 1.82) is 5.26 Å². The highest BCUT2D eigenvalue weighted by molar-refractivity contribution is 6.19. The molecule has 0 aliphatic carbocycles. The molecule has 0 unspecified atom stereocenters. The van der Waals surface area contributed by atoms with Crippen molar-refractivity contribution >= 4 is 17.9 Å². The van der Waals surface area contributed by atoms with Gasteiger partial charge in [0.05, 0.1) is 7.11 Å². The van der Waals surface area contributed by atoms with Crippen molar-refractivity contribution in [2.24, 2.45) is 0 Å². The summed E-state index contributed by atoms with van der Waals surface area (Å²) < 4.78 is 10.8. The van der Waals surface area contributed by atoms with Crippen molar-refractivity contribution in [3.05, 3.63) is 53.1 Å². The molecule has 2 rings (SSSR count). The number of nitrogens with zero attached hydrogens (tertiary/aromatic N) is 2. The van der Waals surface area contributed by atoms with Crippen LogP contribution in [0.5, 0.6) is 11.5 Å². The summed E-state index contributed by atoms with van der Waals surface area (Å²) in [4.78, 5) is 25.3. The molecule has 1 heterocycles. The molecule has 1 aromatic rings. The van der Waals surface area contributed by atoms with Crippen molar-refractivity contribution in [3.8, 4) is 17.6 Å². The Labute approximate surface area is 146 Å². The molecule has 0 aromatic heterocycles. The molecular formula is C19H18N2O4. The molecule has 0 atom stereocenters.